The Morgan fingerprint density at radius 3 is 2.90 bits per heavy atom. The molecule has 0 aliphatic heterocycles. The van der Waals surface area contributed by atoms with E-state index in [2.05, 4.69) is 34.2 Å². The molecule has 0 unspecified atom stereocenters. The third kappa shape index (κ3) is 3.39. The second kappa shape index (κ2) is 6.50. The Labute approximate surface area is 130 Å². The van der Waals surface area contributed by atoms with Crippen LogP contribution in [-0.4, -0.2) is 16.6 Å². The van der Waals surface area contributed by atoms with Gasteiger partial charge in [0.1, 0.15) is 17.1 Å². The zero-order valence-corrected chi connectivity index (χ0v) is 13.1. The minimum Gasteiger partial charge on any atom is -0.374 e. The highest BCUT2D eigenvalue weighted by atomic mass is 32.1. The number of hydrogen-bond acceptors (Lipinski definition) is 3. The van der Waals surface area contributed by atoms with Crippen LogP contribution in [0.4, 0.5) is 0 Å². The van der Waals surface area contributed by atoms with Gasteiger partial charge in [0.2, 0.25) is 0 Å². The van der Waals surface area contributed by atoms with Gasteiger partial charge in [-0.05, 0) is 48.9 Å². The largest absolute Gasteiger partial charge is 0.374 e. The lowest BCUT2D eigenvalue weighted by atomic mass is 9.79. The van der Waals surface area contributed by atoms with Crippen LogP contribution in [0.1, 0.15) is 43.5 Å². The van der Waals surface area contributed by atoms with Gasteiger partial charge in [-0.15, -0.1) is 0 Å². The minimum absolute atomic E-state index is 0.469. The Balaban J connectivity index is 1.91. The molecule has 1 aliphatic carbocycles. The maximum Gasteiger partial charge on any atom is 0.134 e. The van der Waals surface area contributed by atoms with Gasteiger partial charge in [-0.1, -0.05) is 36.8 Å². The Hall–Kier alpha value is -1.52. The quantitative estimate of drug-likeness (QED) is 0.819. The fourth-order valence-electron chi connectivity index (χ4n) is 2.63. The Morgan fingerprint density at radius 1 is 1.33 bits per heavy atom. The molecule has 1 aromatic carbocycles. The lowest BCUT2D eigenvalue weighted by Crippen LogP contribution is -2.08. The third-order valence-corrected chi connectivity index (χ3v) is 4.22. The van der Waals surface area contributed by atoms with E-state index < -0.39 is 0 Å². The number of aromatic nitrogens is 2. The first-order valence-electron chi connectivity index (χ1n) is 7.54. The first-order chi connectivity index (χ1) is 10.3. The minimum atomic E-state index is 0.469. The summed E-state index contributed by atoms with van der Waals surface area (Å²) in [6.45, 7) is 3.11. The van der Waals surface area contributed by atoms with E-state index in [0.717, 1.165) is 17.4 Å². The summed E-state index contributed by atoms with van der Waals surface area (Å²) < 4.78 is 6.02. The number of H-pyrrole nitrogens is 1. The zero-order chi connectivity index (χ0) is 14.7. The van der Waals surface area contributed by atoms with E-state index in [1.54, 1.807) is 0 Å². The van der Waals surface area contributed by atoms with Gasteiger partial charge < -0.3 is 9.72 Å². The summed E-state index contributed by atoms with van der Waals surface area (Å²) in [6, 6.07) is 10.7. The normalized spacial score (nSPS) is 14.9. The molecular weight excluding hydrogens is 280 g/mol. The van der Waals surface area contributed by atoms with Crippen LogP contribution in [-0.2, 0) is 11.3 Å². The second-order valence-corrected chi connectivity index (χ2v) is 5.89. The summed E-state index contributed by atoms with van der Waals surface area (Å²) >= 11 is 5.27. The molecule has 0 spiro atoms. The predicted molar refractivity (Wildman–Crippen MR) is 86.8 cm³/mol. The van der Waals surface area contributed by atoms with Gasteiger partial charge in [0.15, 0.2) is 0 Å². The van der Waals surface area contributed by atoms with Gasteiger partial charge in [0, 0.05) is 12.3 Å². The molecule has 3 nitrogen and oxygen atoms in total. The molecule has 1 aliphatic rings. The monoisotopic (exact) mass is 300 g/mol. The van der Waals surface area contributed by atoms with Gasteiger partial charge in [0.25, 0.3) is 0 Å². The topological polar surface area (TPSA) is 37.9 Å². The van der Waals surface area contributed by atoms with E-state index in [-0.39, 0.29) is 0 Å². The molecule has 0 bridgehead atoms. The maximum atomic E-state index is 5.41. The van der Waals surface area contributed by atoms with Crippen LogP contribution in [0.3, 0.4) is 0 Å². The molecular formula is C17H20N2OS. The number of aromatic amines is 1. The lowest BCUT2D eigenvalue weighted by Gasteiger charge is -2.26. The van der Waals surface area contributed by atoms with Crippen LogP contribution in [0, 0.1) is 4.64 Å². The molecule has 1 saturated carbocycles. The summed E-state index contributed by atoms with van der Waals surface area (Å²) in [7, 11) is 0. The maximum absolute atomic E-state index is 5.41. The number of benzene rings is 1. The average Bonchev–Trinajstić information content (AvgIpc) is 2.43. The van der Waals surface area contributed by atoms with Crippen molar-refractivity contribution in [2.24, 2.45) is 0 Å². The van der Waals surface area contributed by atoms with Gasteiger partial charge in [-0.25, -0.2) is 4.98 Å². The summed E-state index contributed by atoms with van der Waals surface area (Å²) in [5.41, 5.74) is 3.62. The highest BCUT2D eigenvalue weighted by Gasteiger charge is 2.19. The summed E-state index contributed by atoms with van der Waals surface area (Å²) in [6.07, 6.45) is 3.97. The van der Waals surface area contributed by atoms with Crippen LogP contribution in [0.15, 0.2) is 30.3 Å². The van der Waals surface area contributed by atoms with Crippen LogP contribution in [0.5, 0.6) is 0 Å². The average molecular weight is 300 g/mol. The molecule has 0 atom stereocenters. The molecule has 21 heavy (non-hydrogen) atoms. The Bertz CT molecular complexity index is 676. The Kier molecular flexibility index (Phi) is 4.46. The van der Waals surface area contributed by atoms with Crippen molar-refractivity contribution in [2.75, 3.05) is 6.61 Å². The SMILES string of the molecule is CCOCc1nc(=S)cc(-c2cccc(C3CCC3)c2)[nH]1. The molecule has 2 aromatic rings. The molecule has 1 fully saturated rings. The highest BCUT2D eigenvalue weighted by Crippen LogP contribution is 2.37. The van der Waals surface area contributed by atoms with Gasteiger partial charge >= 0.3 is 0 Å². The lowest BCUT2D eigenvalue weighted by molar-refractivity contribution is 0.128. The number of ether oxygens (including phenoxy) is 1. The molecule has 0 amide bonds. The predicted octanol–water partition coefficient (Wildman–Crippen LogP) is 4.61. The molecule has 1 heterocycles. The number of hydrogen-bond donors (Lipinski definition) is 1. The first kappa shape index (κ1) is 14.4. The standard InChI is InChI=1S/C17H20N2OS/c1-2-20-11-16-18-15(10-17(21)19-16)14-8-4-7-13(9-14)12-5-3-6-12/h4,7-10,12H,2-3,5-6,11H2,1H3,(H,18,19,21). The Morgan fingerprint density at radius 2 is 2.19 bits per heavy atom. The van der Waals surface area contributed by atoms with Crippen molar-refractivity contribution in [1.82, 2.24) is 9.97 Å². The van der Waals surface area contributed by atoms with Crippen molar-refractivity contribution in [2.45, 2.75) is 38.7 Å². The fraction of sp³-hybridized carbons (Fsp3) is 0.412. The second-order valence-electron chi connectivity index (χ2n) is 5.47. The molecule has 4 heteroatoms. The van der Waals surface area contributed by atoms with Gasteiger partial charge in [-0.3, -0.25) is 0 Å². The van der Waals surface area contributed by atoms with Crippen molar-refractivity contribution < 1.29 is 4.74 Å². The van der Waals surface area contributed by atoms with Crippen molar-refractivity contribution in [1.29, 1.82) is 0 Å². The van der Waals surface area contributed by atoms with E-state index in [1.807, 2.05) is 13.0 Å². The van der Waals surface area contributed by atoms with Gasteiger partial charge in [-0.2, -0.15) is 0 Å². The molecule has 0 radical (unpaired) electrons. The van der Waals surface area contributed by atoms with E-state index in [1.165, 1.54) is 30.4 Å². The van der Waals surface area contributed by atoms with E-state index in [4.69, 9.17) is 17.0 Å². The molecule has 0 saturated heterocycles. The van der Waals surface area contributed by atoms with Crippen LogP contribution >= 0.6 is 12.2 Å². The van der Waals surface area contributed by atoms with Crippen LogP contribution < -0.4 is 0 Å². The number of rotatable bonds is 5. The van der Waals surface area contributed by atoms with E-state index in [9.17, 15) is 0 Å². The number of nitrogens with zero attached hydrogens (tertiary/aromatic N) is 1. The highest BCUT2D eigenvalue weighted by molar-refractivity contribution is 7.71. The first-order valence-corrected chi connectivity index (χ1v) is 7.95. The van der Waals surface area contributed by atoms with E-state index in [0.29, 0.717) is 17.9 Å². The van der Waals surface area contributed by atoms with Crippen molar-refractivity contribution in [3.05, 3.63) is 46.4 Å². The zero-order valence-electron chi connectivity index (χ0n) is 12.3. The summed E-state index contributed by atoms with van der Waals surface area (Å²) in [5.74, 6) is 1.52. The van der Waals surface area contributed by atoms with Crippen molar-refractivity contribution in [3.8, 4) is 11.3 Å². The van der Waals surface area contributed by atoms with E-state index >= 15 is 0 Å². The van der Waals surface area contributed by atoms with Crippen LogP contribution in [0.25, 0.3) is 11.3 Å². The number of nitrogens with one attached hydrogen (secondary N) is 1. The smallest absolute Gasteiger partial charge is 0.134 e. The molecule has 3 rings (SSSR count). The summed E-state index contributed by atoms with van der Waals surface area (Å²) in [4.78, 5) is 7.65. The molecule has 1 N–H and O–H groups in total. The fourth-order valence-corrected chi connectivity index (χ4v) is 2.86. The van der Waals surface area contributed by atoms with Gasteiger partial charge in [0.05, 0.1) is 0 Å². The molecule has 1 aromatic heterocycles. The molecule has 110 valence electrons. The third-order valence-electron chi connectivity index (χ3n) is 4.01. The van der Waals surface area contributed by atoms with Crippen molar-refractivity contribution >= 4 is 12.2 Å². The van der Waals surface area contributed by atoms with Crippen LogP contribution in [0.2, 0.25) is 0 Å². The summed E-state index contributed by atoms with van der Waals surface area (Å²) in [5, 5.41) is 0. The van der Waals surface area contributed by atoms with Crippen molar-refractivity contribution in [3.63, 3.8) is 0 Å².